The molecule has 168 valence electrons. The summed E-state index contributed by atoms with van der Waals surface area (Å²) in [5, 5.41) is 2.69. The summed E-state index contributed by atoms with van der Waals surface area (Å²) in [6.07, 6.45) is 3.40. The van der Waals surface area contributed by atoms with Gasteiger partial charge in [0.05, 0.1) is 12.2 Å². The smallest absolute Gasteiger partial charge is 0.338 e. The highest BCUT2D eigenvalue weighted by molar-refractivity contribution is 7.80. The number of likely N-dealkylation sites (N-methyl/N-ethyl adjacent to an activating group) is 1. The van der Waals surface area contributed by atoms with Crippen molar-refractivity contribution in [1.29, 1.82) is 0 Å². The van der Waals surface area contributed by atoms with Crippen LogP contribution in [0.4, 0.5) is 0 Å². The second-order valence-electron chi connectivity index (χ2n) is 7.56. The number of unbranched alkanes of at least 4 members (excludes halogenated alkanes) is 1. The van der Waals surface area contributed by atoms with Crippen molar-refractivity contribution in [2.75, 3.05) is 13.2 Å². The quantitative estimate of drug-likeness (QED) is 0.227. The number of amides is 2. The molecular formula is C24H27N3O4S. The van der Waals surface area contributed by atoms with Gasteiger partial charge in [0.1, 0.15) is 5.57 Å². The van der Waals surface area contributed by atoms with Crippen molar-refractivity contribution in [3.8, 4) is 5.69 Å². The lowest BCUT2D eigenvalue weighted by Crippen LogP contribution is -2.53. The Labute approximate surface area is 193 Å². The fourth-order valence-electron chi connectivity index (χ4n) is 3.61. The molecule has 0 bridgehead atoms. The van der Waals surface area contributed by atoms with Gasteiger partial charge in [-0.15, -0.1) is 0 Å². The molecule has 0 atom stereocenters. The van der Waals surface area contributed by atoms with Crippen LogP contribution in [0.15, 0.2) is 35.9 Å². The molecule has 1 aliphatic heterocycles. The first-order valence-electron chi connectivity index (χ1n) is 10.6. The summed E-state index contributed by atoms with van der Waals surface area (Å²) in [6.45, 7) is 8.49. The summed E-state index contributed by atoms with van der Waals surface area (Å²) < 4.78 is 7.27. The lowest BCUT2D eigenvalue weighted by molar-refractivity contribution is -0.128. The van der Waals surface area contributed by atoms with Crippen molar-refractivity contribution in [2.24, 2.45) is 0 Å². The normalized spacial score (nSPS) is 15.3. The van der Waals surface area contributed by atoms with Crippen molar-refractivity contribution >= 4 is 41.2 Å². The van der Waals surface area contributed by atoms with Gasteiger partial charge in [-0.2, -0.15) is 0 Å². The van der Waals surface area contributed by atoms with Crippen molar-refractivity contribution in [3.63, 3.8) is 0 Å². The van der Waals surface area contributed by atoms with Crippen molar-refractivity contribution in [3.05, 3.63) is 58.4 Å². The van der Waals surface area contributed by atoms with E-state index in [1.807, 2.05) is 43.5 Å². The summed E-state index contributed by atoms with van der Waals surface area (Å²) in [6, 6.07) is 9.09. The Morgan fingerprint density at radius 3 is 2.47 bits per heavy atom. The first-order valence-corrected chi connectivity index (χ1v) is 11.0. The van der Waals surface area contributed by atoms with E-state index in [2.05, 4.69) is 5.32 Å². The van der Waals surface area contributed by atoms with Gasteiger partial charge in [0, 0.05) is 23.6 Å². The number of nitrogens with one attached hydrogen (secondary N) is 1. The maximum absolute atomic E-state index is 12.7. The van der Waals surface area contributed by atoms with Crippen LogP contribution in [0.2, 0.25) is 0 Å². The molecule has 2 aromatic rings. The van der Waals surface area contributed by atoms with Crippen LogP contribution in [-0.4, -0.2) is 45.5 Å². The van der Waals surface area contributed by atoms with Gasteiger partial charge in [0.25, 0.3) is 11.8 Å². The van der Waals surface area contributed by atoms with E-state index in [1.54, 1.807) is 25.1 Å². The Kier molecular flexibility index (Phi) is 7.25. The third-order valence-electron chi connectivity index (χ3n) is 5.36. The maximum atomic E-state index is 12.7. The third-order valence-corrected chi connectivity index (χ3v) is 5.69. The van der Waals surface area contributed by atoms with Crippen LogP contribution in [0.25, 0.3) is 11.8 Å². The van der Waals surface area contributed by atoms with Crippen LogP contribution in [0.3, 0.4) is 0 Å². The average Bonchev–Trinajstić information content (AvgIpc) is 3.04. The van der Waals surface area contributed by atoms with Crippen LogP contribution in [0.1, 0.15) is 54.0 Å². The van der Waals surface area contributed by atoms with Gasteiger partial charge in [-0.05, 0) is 81.4 Å². The van der Waals surface area contributed by atoms with Crippen LogP contribution < -0.4 is 5.32 Å². The monoisotopic (exact) mass is 453 g/mol. The second-order valence-corrected chi connectivity index (χ2v) is 7.95. The molecule has 3 rings (SSSR count). The molecule has 0 unspecified atom stereocenters. The minimum absolute atomic E-state index is 0.0471. The summed E-state index contributed by atoms with van der Waals surface area (Å²) >= 11 is 5.08. The maximum Gasteiger partial charge on any atom is 0.338 e. The fourth-order valence-corrected chi connectivity index (χ4v) is 3.91. The number of thiocarbonyl (C=S) groups is 1. The number of carbonyl (C=O) groups is 3. The average molecular weight is 454 g/mol. The minimum atomic E-state index is -0.500. The Balaban J connectivity index is 1.89. The van der Waals surface area contributed by atoms with Crippen molar-refractivity contribution in [2.45, 2.75) is 40.5 Å². The summed E-state index contributed by atoms with van der Waals surface area (Å²) in [4.78, 5) is 38.6. The highest BCUT2D eigenvalue weighted by Crippen LogP contribution is 2.24. The molecule has 32 heavy (non-hydrogen) atoms. The highest BCUT2D eigenvalue weighted by atomic mass is 32.1. The molecule has 2 heterocycles. The van der Waals surface area contributed by atoms with Crippen LogP contribution in [-0.2, 0) is 14.3 Å². The van der Waals surface area contributed by atoms with Crippen LogP contribution in [0.5, 0.6) is 0 Å². The molecule has 0 radical (unpaired) electrons. The van der Waals surface area contributed by atoms with E-state index >= 15 is 0 Å². The van der Waals surface area contributed by atoms with Gasteiger partial charge >= 0.3 is 5.97 Å². The van der Waals surface area contributed by atoms with Gasteiger partial charge in [-0.3, -0.25) is 19.8 Å². The number of carbonyl (C=O) groups excluding carboxylic acids is 3. The SMILES string of the molecule is CCCCOC(=O)c1ccc(-n2c(C)cc(/C=C3\C(=O)NC(=S)N(CC)C3=O)c2C)cc1. The molecule has 1 N–H and O–H groups in total. The zero-order chi connectivity index (χ0) is 23.4. The molecule has 7 nitrogen and oxygen atoms in total. The molecule has 8 heteroatoms. The molecular weight excluding hydrogens is 426 g/mol. The van der Waals surface area contributed by atoms with Crippen molar-refractivity contribution in [1.82, 2.24) is 14.8 Å². The lowest BCUT2D eigenvalue weighted by Gasteiger charge is -2.27. The largest absolute Gasteiger partial charge is 0.462 e. The molecule has 1 aromatic carbocycles. The minimum Gasteiger partial charge on any atom is -0.462 e. The Hall–Kier alpha value is -3.26. The second kappa shape index (κ2) is 9.91. The Morgan fingerprint density at radius 1 is 1.16 bits per heavy atom. The molecule has 1 saturated heterocycles. The topological polar surface area (TPSA) is 80.6 Å². The number of aromatic nitrogens is 1. The van der Waals surface area contributed by atoms with E-state index < -0.39 is 11.8 Å². The molecule has 2 amide bonds. The summed E-state index contributed by atoms with van der Waals surface area (Å²) in [5.41, 5.74) is 3.96. The molecule has 0 spiro atoms. The number of aryl methyl sites for hydroxylation is 1. The number of benzene rings is 1. The summed E-state index contributed by atoms with van der Waals surface area (Å²) in [7, 11) is 0. The van der Waals surface area contributed by atoms with Crippen LogP contribution >= 0.6 is 12.2 Å². The molecule has 1 fully saturated rings. The van der Waals surface area contributed by atoms with Gasteiger partial charge in [0.2, 0.25) is 0 Å². The summed E-state index contributed by atoms with van der Waals surface area (Å²) in [5.74, 6) is -1.24. The predicted molar refractivity (Wildman–Crippen MR) is 127 cm³/mol. The molecule has 1 aromatic heterocycles. The van der Waals surface area contributed by atoms with Crippen molar-refractivity contribution < 1.29 is 19.1 Å². The number of hydrogen-bond donors (Lipinski definition) is 1. The Bertz CT molecular complexity index is 1100. The number of ether oxygens (including phenoxy) is 1. The first-order chi connectivity index (χ1) is 15.3. The predicted octanol–water partition coefficient (Wildman–Crippen LogP) is 3.70. The zero-order valence-corrected chi connectivity index (χ0v) is 19.5. The molecule has 0 aliphatic carbocycles. The number of esters is 1. The molecule has 1 aliphatic rings. The highest BCUT2D eigenvalue weighted by Gasteiger charge is 2.32. The zero-order valence-electron chi connectivity index (χ0n) is 18.7. The number of nitrogens with zero attached hydrogens (tertiary/aromatic N) is 2. The van der Waals surface area contributed by atoms with E-state index in [1.165, 1.54) is 4.90 Å². The van der Waals surface area contributed by atoms with E-state index in [0.29, 0.717) is 18.7 Å². The van der Waals surface area contributed by atoms with Gasteiger partial charge in [0.15, 0.2) is 5.11 Å². The molecule has 0 saturated carbocycles. The van der Waals surface area contributed by atoms with E-state index in [0.717, 1.165) is 35.5 Å². The lowest BCUT2D eigenvalue weighted by atomic mass is 10.1. The fraction of sp³-hybridized carbons (Fsp3) is 0.333. The van der Waals surface area contributed by atoms with Gasteiger partial charge in [-0.1, -0.05) is 13.3 Å². The van der Waals surface area contributed by atoms with E-state index in [4.69, 9.17) is 17.0 Å². The van der Waals surface area contributed by atoms with Gasteiger partial charge in [-0.25, -0.2) is 4.79 Å². The standard InChI is InChI=1S/C24H27N3O4S/c1-5-7-12-31-23(30)17-8-10-19(11-9-17)27-15(3)13-18(16(27)4)14-20-21(28)25-24(32)26(6-2)22(20)29/h8-11,13-14H,5-7,12H2,1-4H3,(H,25,28,32)/b20-14+. The number of hydrogen-bond acceptors (Lipinski definition) is 5. The van der Waals surface area contributed by atoms with Gasteiger partial charge < -0.3 is 9.30 Å². The third kappa shape index (κ3) is 4.65. The van der Waals surface area contributed by atoms with E-state index in [9.17, 15) is 14.4 Å². The Morgan fingerprint density at radius 2 is 1.84 bits per heavy atom. The first kappa shape index (κ1) is 23.4. The van der Waals surface area contributed by atoms with E-state index in [-0.39, 0.29) is 16.7 Å². The van der Waals surface area contributed by atoms with Crippen LogP contribution in [0, 0.1) is 13.8 Å². The number of rotatable bonds is 7.